The van der Waals surface area contributed by atoms with Crippen LogP contribution >= 0.6 is 23.2 Å². The lowest BCUT2D eigenvalue weighted by Gasteiger charge is -2.18. The molecule has 0 radical (unpaired) electrons. The quantitative estimate of drug-likeness (QED) is 0.746. The molecule has 1 nitrogen and oxygen atoms in total. The number of hydrogen-bond acceptors (Lipinski definition) is 1. The molecule has 0 aliphatic carbocycles. The summed E-state index contributed by atoms with van der Waals surface area (Å²) in [7, 11) is 1.99. The first kappa shape index (κ1) is 16.4. The largest absolute Gasteiger partial charge is 0.313 e. The second-order valence-corrected chi connectivity index (χ2v) is 6.12. The maximum atomic E-state index is 6.29. The van der Waals surface area contributed by atoms with Gasteiger partial charge in [-0.05, 0) is 48.7 Å². The van der Waals surface area contributed by atoms with E-state index in [4.69, 9.17) is 23.2 Å². The fraction of sp³-hybridized carbons (Fsp3) is 0.333. The molecular weight excluding hydrogens is 301 g/mol. The molecule has 0 heterocycles. The molecule has 0 amide bonds. The Morgan fingerprint density at radius 2 is 1.90 bits per heavy atom. The third-order valence-electron chi connectivity index (χ3n) is 3.68. The number of benzene rings is 2. The van der Waals surface area contributed by atoms with Crippen molar-refractivity contribution in [2.45, 2.75) is 32.2 Å². The normalized spacial score (nSPS) is 12.4. The Balaban J connectivity index is 2.21. The van der Waals surface area contributed by atoms with Crippen LogP contribution in [-0.4, -0.2) is 7.05 Å². The van der Waals surface area contributed by atoms with E-state index in [1.54, 1.807) is 6.07 Å². The number of rotatable bonds is 6. The second kappa shape index (κ2) is 7.84. The molecule has 112 valence electrons. The van der Waals surface area contributed by atoms with Crippen molar-refractivity contribution in [3.8, 4) is 0 Å². The number of likely N-dealkylation sites (N-methyl/N-ethyl adjacent to an activating group) is 1. The highest BCUT2D eigenvalue weighted by atomic mass is 35.5. The first-order chi connectivity index (χ1) is 10.1. The molecule has 2 rings (SSSR count). The number of halogens is 2. The molecule has 1 N–H and O–H groups in total. The molecule has 0 aromatic heterocycles. The summed E-state index contributed by atoms with van der Waals surface area (Å²) in [6, 6.07) is 14.7. The predicted molar refractivity (Wildman–Crippen MR) is 92.4 cm³/mol. The lowest BCUT2D eigenvalue weighted by molar-refractivity contribution is 0.591. The van der Waals surface area contributed by atoms with Gasteiger partial charge in [-0.3, -0.25) is 0 Å². The van der Waals surface area contributed by atoms with Crippen LogP contribution in [0.5, 0.6) is 0 Å². The summed E-state index contributed by atoms with van der Waals surface area (Å²) in [5, 5.41) is 4.79. The fourth-order valence-corrected chi connectivity index (χ4v) is 3.03. The molecule has 1 unspecified atom stereocenters. The average molecular weight is 322 g/mol. The van der Waals surface area contributed by atoms with Crippen molar-refractivity contribution in [3.05, 3.63) is 69.2 Å². The zero-order chi connectivity index (χ0) is 15.2. The average Bonchev–Trinajstić information content (AvgIpc) is 2.47. The topological polar surface area (TPSA) is 12.0 Å². The van der Waals surface area contributed by atoms with E-state index in [1.807, 2.05) is 19.2 Å². The van der Waals surface area contributed by atoms with Gasteiger partial charge in [-0.25, -0.2) is 0 Å². The van der Waals surface area contributed by atoms with E-state index in [0.29, 0.717) is 5.02 Å². The van der Waals surface area contributed by atoms with E-state index >= 15 is 0 Å². The minimum atomic E-state index is 0.250. The highest BCUT2D eigenvalue weighted by Crippen LogP contribution is 2.26. The van der Waals surface area contributed by atoms with Crippen LogP contribution in [0.2, 0.25) is 10.0 Å². The smallest absolute Gasteiger partial charge is 0.0453 e. The van der Waals surface area contributed by atoms with Crippen LogP contribution < -0.4 is 5.32 Å². The molecule has 1 atom stereocenters. The first-order valence-corrected chi connectivity index (χ1v) is 8.09. The van der Waals surface area contributed by atoms with Crippen LogP contribution in [-0.2, 0) is 12.8 Å². The van der Waals surface area contributed by atoms with E-state index < -0.39 is 0 Å². The lowest BCUT2D eigenvalue weighted by atomic mass is 9.96. The van der Waals surface area contributed by atoms with Crippen molar-refractivity contribution in [2.75, 3.05) is 7.05 Å². The molecule has 0 saturated carbocycles. The van der Waals surface area contributed by atoms with Crippen LogP contribution in [0.25, 0.3) is 0 Å². The summed E-state index contributed by atoms with van der Waals surface area (Å²) in [6.45, 7) is 2.20. The third-order valence-corrected chi connectivity index (χ3v) is 4.27. The monoisotopic (exact) mass is 321 g/mol. The van der Waals surface area contributed by atoms with Gasteiger partial charge in [0.05, 0.1) is 0 Å². The van der Waals surface area contributed by atoms with Gasteiger partial charge < -0.3 is 5.32 Å². The van der Waals surface area contributed by atoms with E-state index in [1.165, 1.54) is 11.1 Å². The van der Waals surface area contributed by atoms with Crippen molar-refractivity contribution in [3.63, 3.8) is 0 Å². The molecule has 0 saturated heterocycles. The Labute approximate surface area is 137 Å². The maximum absolute atomic E-state index is 6.29. The lowest BCUT2D eigenvalue weighted by Crippen LogP contribution is -2.19. The molecule has 21 heavy (non-hydrogen) atoms. The molecule has 0 fully saturated rings. The summed E-state index contributed by atoms with van der Waals surface area (Å²) in [6.07, 6.45) is 3.13. The van der Waals surface area contributed by atoms with Gasteiger partial charge in [-0.1, -0.05) is 66.9 Å². The van der Waals surface area contributed by atoms with Crippen molar-refractivity contribution in [1.29, 1.82) is 0 Å². The Morgan fingerprint density at radius 1 is 1.10 bits per heavy atom. The van der Waals surface area contributed by atoms with Gasteiger partial charge in [0.15, 0.2) is 0 Å². The molecule has 0 spiro atoms. The fourth-order valence-electron chi connectivity index (χ4n) is 2.55. The summed E-state index contributed by atoms with van der Waals surface area (Å²) in [5.41, 5.74) is 3.80. The van der Waals surface area contributed by atoms with Crippen LogP contribution in [0, 0.1) is 0 Å². The van der Waals surface area contributed by atoms with E-state index in [-0.39, 0.29) is 6.04 Å². The number of nitrogens with one attached hydrogen (secondary N) is 1. The molecule has 0 aliphatic heterocycles. The number of aryl methyl sites for hydroxylation is 1. The molecule has 0 aliphatic rings. The highest BCUT2D eigenvalue weighted by molar-refractivity contribution is 6.35. The van der Waals surface area contributed by atoms with Gasteiger partial charge in [0.25, 0.3) is 0 Å². The first-order valence-electron chi connectivity index (χ1n) is 7.34. The van der Waals surface area contributed by atoms with Crippen molar-refractivity contribution < 1.29 is 0 Å². The summed E-state index contributed by atoms with van der Waals surface area (Å²) in [4.78, 5) is 0. The van der Waals surface area contributed by atoms with Crippen molar-refractivity contribution in [1.82, 2.24) is 5.32 Å². The minimum absolute atomic E-state index is 0.250. The van der Waals surface area contributed by atoms with E-state index in [9.17, 15) is 0 Å². The zero-order valence-electron chi connectivity index (χ0n) is 12.5. The van der Waals surface area contributed by atoms with Gasteiger partial charge in [0.1, 0.15) is 0 Å². The highest BCUT2D eigenvalue weighted by Gasteiger charge is 2.13. The molecule has 3 heteroatoms. The van der Waals surface area contributed by atoms with Gasteiger partial charge in [-0.15, -0.1) is 0 Å². The standard InChI is InChI=1S/C18H21Cl2N/c1-3-5-13-6-4-7-15(10-13)18(21-2)11-14-8-9-16(19)12-17(14)20/h4,6-10,12,18,21H,3,5,11H2,1-2H3. The van der Waals surface area contributed by atoms with Gasteiger partial charge in [0.2, 0.25) is 0 Å². The van der Waals surface area contributed by atoms with Crippen LogP contribution in [0.15, 0.2) is 42.5 Å². The molecule has 2 aromatic rings. The van der Waals surface area contributed by atoms with Crippen LogP contribution in [0.3, 0.4) is 0 Å². The third kappa shape index (κ3) is 4.47. The molecule has 0 bridgehead atoms. The Morgan fingerprint density at radius 3 is 2.57 bits per heavy atom. The zero-order valence-corrected chi connectivity index (χ0v) is 14.0. The summed E-state index contributed by atoms with van der Waals surface area (Å²) in [5.74, 6) is 0. The molecule has 2 aromatic carbocycles. The van der Waals surface area contributed by atoms with E-state index in [2.05, 4.69) is 36.5 Å². The SMILES string of the molecule is CCCc1cccc(C(Cc2ccc(Cl)cc2Cl)NC)c1. The minimum Gasteiger partial charge on any atom is -0.313 e. The number of hydrogen-bond donors (Lipinski definition) is 1. The van der Waals surface area contributed by atoms with Crippen LogP contribution in [0.4, 0.5) is 0 Å². The summed E-state index contributed by atoms with van der Waals surface area (Å²) < 4.78 is 0. The van der Waals surface area contributed by atoms with E-state index in [0.717, 1.165) is 29.8 Å². The van der Waals surface area contributed by atoms with Crippen molar-refractivity contribution in [2.24, 2.45) is 0 Å². The predicted octanol–water partition coefficient (Wildman–Crippen LogP) is 5.45. The summed E-state index contributed by atoms with van der Waals surface area (Å²) >= 11 is 12.2. The van der Waals surface area contributed by atoms with Gasteiger partial charge >= 0.3 is 0 Å². The van der Waals surface area contributed by atoms with Gasteiger partial charge in [-0.2, -0.15) is 0 Å². The molecular formula is C18H21Cl2N. The van der Waals surface area contributed by atoms with Crippen LogP contribution in [0.1, 0.15) is 36.1 Å². The Hall–Kier alpha value is -1.02. The Kier molecular flexibility index (Phi) is 6.10. The van der Waals surface area contributed by atoms with Gasteiger partial charge in [0, 0.05) is 16.1 Å². The van der Waals surface area contributed by atoms with Crippen molar-refractivity contribution >= 4 is 23.2 Å². The Bertz CT molecular complexity index is 596. The second-order valence-electron chi connectivity index (χ2n) is 5.28. The maximum Gasteiger partial charge on any atom is 0.0453 e.